The number of hydrogen-bond acceptors (Lipinski definition) is 5. The molecule has 0 saturated carbocycles. The van der Waals surface area contributed by atoms with Gasteiger partial charge in [-0.2, -0.15) is 13.2 Å². The number of alkyl halides is 3. The van der Waals surface area contributed by atoms with Crippen molar-refractivity contribution in [3.63, 3.8) is 0 Å². The third-order valence-electron chi connectivity index (χ3n) is 2.24. The van der Waals surface area contributed by atoms with Crippen LogP contribution < -0.4 is 4.90 Å². The summed E-state index contributed by atoms with van der Waals surface area (Å²) in [6, 6.07) is 0. The first kappa shape index (κ1) is 18.9. The van der Waals surface area contributed by atoms with E-state index in [0.717, 1.165) is 4.90 Å². The Hall–Kier alpha value is -2.10. The molecule has 1 aromatic heterocycles. The van der Waals surface area contributed by atoms with Crippen molar-refractivity contribution in [2.45, 2.75) is 32.5 Å². The highest BCUT2D eigenvalue weighted by molar-refractivity contribution is 7.17. The average molecular weight is 352 g/mol. The van der Waals surface area contributed by atoms with Crippen molar-refractivity contribution in [3.05, 3.63) is 23.2 Å². The van der Waals surface area contributed by atoms with Gasteiger partial charge in [0.2, 0.25) is 0 Å². The maximum Gasteiger partial charge on any atom is 0.435 e. The number of carbonyl (C=O) groups is 2. The molecular weight excluding hydrogens is 337 g/mol. The average Bonchev–Trinajstić information content (AvgIpc) is 2.78. The van der Waals surface area contributed by atoms with Gasteiger partial charge in [0.05, 0.1) is 0 Å². The number of carboxylic acid groups (broad SMARTS) is 1. The Morgan fingerprint density at radius 1 is 1.39 bits per heavy atom. The molecule has 6 nitrogen and oxygen atoms in total. The maximum absolute atomic E-state index is 12.9. The molecule has 128 valence electrons. The van der Waals surface area contributed by atoms with E-state index in [2.05, 4.69) is 11.6 Å². The molecule has 1 rings (SSSR count). The van der Waals surface area contributed by atoms with E-state index in [1.165, 1.54) is 6.08 Å². The second-order valence-electron chi connectivity index (χ2n) is 5.36. The van der Waals surface area contributed by atoms with Gasteiger partial charge in [-0.1, -0.05) is 17.4 Å². The summed E-state index contributed by atoms with van der Waals surface area (Å²) in [5.41, 5.74) is -2.43. The SMILES string of the molecule is C=CCN(C(=O)OC(C)(C)C)c1nc(C(F)(F)F)c(C(=O)O)s1. The number of hydrogen-bond donors (Lipinski definition) is 1. The number of halogens is 3. The molecule has 0 aliphatic rings. The fourth-order valence-electron chi connectivity index (χ4n) is 1.44. The fraction of sp³-hybridized carbons (Fsp3) is 0.462. The minimum Gasteiger partial charge on any atom is -0.477 e. The van der Waals surface area contributed by atoms with Gasteiger partial charge < -0.3 is 9.84 Å². The van der Waals surface area contributed by atoms with Crippen molar-refractivity contribution < 1.29 is 32.6 Å². The highest BCUT2D eigenvalue weighted by atomic mass is 32.1. The summed E-state index contributed by atoms with van der Waals surface area (Å²) in [6.45, 7) is 7.98. The predicted octanol–water partition coefficient (Wildman–Crippen LogP) is 3.79. The topological polar surface area (TPSA) is 79.7 Å². The van der Waals surface area contributed by atoms with Crippen molar-refractivity contribution >= 4 is 28.5 Å². The van der Waals surface area contributed by atoms with Crippen LogP contribution in [0.2, 0.25) is 0 Å². The number of carbonyl (C=O) groups excluding carboxylic acids is 1. The van der Waals surface area contributed by atoms with E-state index in [0.29, 0.717) is 0 Å². The molecule has 10 heteroatoms. The Bertz CT molecular complexity index is 620. The van der Waals surface area contributed by atoms with E-state index < -0.39 is 39.5 Å². The highest BCUT2D eigenvalue weighted by Crippen LogP contribution is 2.37. The van der Waals surface area contributed by atoms with Crippen molar-refractivity contribution in [3.8, 4) is 0 Å². The Morgan fingerprint density at radius 3 is 2.30 bits per heavy atom. The summed E-state index contributed by atoms with van der Waals surface area (Å²) in [5.74, 6) is -1.77. The standard InChI is InChI=1S/C13H15F3N2O4S/c1-5-6-18(11(21)22-12(2,3)4)10-17-8(13(14,15)16)7(23-10)9(19)20/h5H,1,6H2,2-4H3,(H,19,20). The number of rotatable bonds is 4. The van der Waals surface area contributed by atoms with E-state index >= 15 is 0 Å². The Kier molecular flexibility index (Phi) is 5.41. The van der Waals surface area contributed by atoms with E-state index in [1.807, 2.05) is 0 Å². The Balaban J connectivity index is 3.31. The monoisotopic (exact) mass is 352 g/mol. The Labute approximate surface area is 134 Å². The van der Waals surface area contributed by atoms with Crippen molar-refractivity contribution in [1.82, 2.24) is 4.98 Å². The molecular formula is C13H15F3N2O4S. The van der Waals surface area contributed by atoms with Gasteiger partial charge in [0, 0.05) is 6.54 Å². The molecule has 1 N–H and O–H groups in total. The van der Waals surface area contributed by atoms with E-state index in [1.54, 1.807) is 20.8 Å². The molecule has 1 aromatic rings. The lowest BCUT2D eigenvalue weighted by molar-refractivity contribution is -0.141. The zero-order valence-electron chi connectivity index (χ0n) is 12.6. The molecule has 0 radical (unpaired) electrons. The first-order valence-electron chi connectivity index (χ1n) is 6.29. The molecule has 0 unspecified atom stereocenters. The molecule has 1 heterocycles. The smallest absolute Gasteiger partial charge is 0.435 e. The van der Waals surface area contributed by atoms with Crippen molar-refractivity contribution in [2.75, 3.05) is 11.4 Å². The molecule has 23 heavy (non-hydrogen) atoms. The molecule has 0 aromatic carbocycles. The van der Waals surface area contributed by atoms with Gasteiger partial charge in [-0.25, -0.2) is 19.5 Å². The van der Waals surface area contributed by atoms with Crippen LogP contribution in [0.3, 0.4) is 0 Å². The summed E-state index contributed by atoms with van der Waals surface area (Å²) in [6.07, 6.45) is -4.63. The summed E-state index contributed by atoms with van der Waals surface area (Å²) in [5, 5.41) is 8.47. The quantitative estimate of drug-likeness (QED) is 0.834. The summed E-state index contributed by atoms with van der Waals surface area (Å²) in [4.78, 5) is 26.1. The minimum atomic E-state index is -4.95. The van der Waals surface area contributed by atoms with Crippen LogP contribution in [0.15, 0.2) is 12.7 Å². The van der Waals surface area contributed by atoms with Gasteiger partial charge in [0.25, 0.3) is 0 Å². The van der Waals surface area contributed by atoms with Crippen molar-refractivity contribution in [1.29, 1.82) is 0 Å². The number of anilines is 1. The number of amides is 1. The van der Waals surface area contributed by atoms with Gasteiger partial charge >= 0.3 is 18.2 Å². The molecule has 0 spiro atoms. The number of thiazole rings is 1. The molecule has 0 fully saturated rings. The number of carboxylic acids is 1. The molecule has 0 bridgehead atoms. The first-order valence-corrected chi connectivity index (χ1v) is 7.11. The first-order chi connectivity index (χ1) is 10.4. The maximum atomic E-state index is 12.9. The zero-order valence-corrected chi connectivity index (χ0v) is 13.4. The molecule has 0 saturated heterocycles. The van der Waals surface area contributed by atoms with E-state index in [9.17, 15) is 22.8 Å². The van der Waals surface area contributed by atoms with Gasteiger partial charge in [0.15, 0.2) is 10.8 Å². The lowest BCUT2D eigenvalue weighted by Gasteiger charge is -2.25. The summed E-state index contributed by atoms with van der Waals surface area (Å²) in [7, 11) is 0. The summed E-state index contributed by atoms with van der Waals surface area (Å²) < 4.78 is 43.7. The van der Waals surface area contributed by atoms with Crippen LogP contribution in [0, 0.1) is 0 Å². The van der Waals surface area contributed by atoms with E-state index in [4.69, 9.17) is 9.84 Å². The fourth-order valence-corrected chi connectivity index (χ4v) is 2.36. The largest absolute Gasteiger partial charge is 0.477 e. The normalized spacial score (nSPS) is 11.9. The number of nitrogens with zero attached hydrogens (tertiary/aromatic N) is 2. The van der Waals surface area contributed by atoms with Gasteiger partial charge in [-0.15, -0.1) is 6.58 Å². The molecule has 0 aliphatic carbocycles. The van der Waals surface area contributed by atoms with E-state index in [-0.39, 0.29) is 17.9 Å². The second kappa shape index (κ2) is 6.57. The molecule has 0 aliphatic heterocycles. The summed E-state index contributed by atoms with van der Waals surface area (Å²) >= 11 is 0.244. The van der Waals surface area contributed by atoms with Crippen LogP contribution in [-0.4, -0.2) is 34.3 Å². The predicted molar refractivity (Wildman–Crippen MR) is 77.9 cm³/mol. The van der Waals surface area contributed by atoms with Crippen LogP contribution in [-0.2, 0) is 10.9 Å². The van der Waals surface area contributed by atoms with Gasteiger partial charge in [-0.05, 0) is 20.8 Å². The third kappa shape index (κ3) is 4.95. The second-order valence-corrected chi connectivity index (χ2v) is 6.33. The number of aromatic nitrogens is 1. The van der Waals surface area contributed by atoms with Crippen molar-refractivity contribution in [2.24, 2.45) is 0 Å². The zero-order chi connectivity index (χ0) is 18.0. The Morgan fingerprint density at radius 2 is 1.96 bits per heavy atom. The highest BCUT2D eigenvalue weighted by Gasteiger charge is 2.41. The third-order valence-corrected chi connectivity index (χ3v) is 3.30. The van der Waals surface area contributed by atoms with Crippen LogP contribution >= 0.6 is 11.3 Å². The molecule has 1 amide bonds. The lowest BCUT2D eigenvalue weighted by atomic mass is 10.2. The minimum absolute atomic E-state index is 0.182. The lowest BCUT2D eigenvalue weighted by Crippen LogP contribution is -2.37. The van der Waals surface area contributed by atoms with Crippen LogP contribution in [0.5, 0.6) is 0 Å². The van der Waals surface area contributed by atoms with Crippen LogP contribution in [0.1, 0.15) is 36.1 Å². The number of aromatic carboxylic acids is 1. The van der Waals surface area contributed by atoms with Gasteiger partial charge in [0.1, 0.15) is 10.5 Å². The van der Waals surface area contributed by atoms with Gasteiger partial charge in [-0.3, -0.25) is 0 Å². The van der Waals surface area contributed by atoms with Crippen LogP contribution in [0.25, 0.3) is 0 Å². The van der Waals surface area contributed by atoms with Crippen LogP contribution in [0.4, 0.5) is 23.1 Å². The molecule has 0 atom stereocenters. The number of ether oxygens (including phenoxy) is 1.